The number of carboxylic acid groups (broad SMARTS) is 1. The summed E-state index contributed by atoms with van der Waals surface area (Å²) in [6.45, 7) is 3.15. The standard InChI is InChI=1S/C15H18N2O4/c1-15(5-2-6-21-15)10-17-14(20)12-7-11(8-16-9-12)3-4-13(18)19/h3-4,7-9H,2,5-6,10H2,1H3,(H,17,20)(H,18,19)/b4-3+. The summed E-state index contributed by atoms with van der Waals surface area (Å²) < 4.78 is 5.61. The van der Waals surface area contributed by atoms with Crippen molar-refractivity contribution in [1.82, 2.24) is 10.3 Å². The largest absolute Gasteiger partial charge is 0.478 e. The first kappa shape index (κ1) is 15.2. The van der Waals surface area contributed by atoms with Crippen LogP contribution in [0.4, 0.5) is 0 Å². The second kappa shape index (κ2) is 6.49. The highest BCUT2D eigenvalue weighted by Crippen LogP contribution is 2.23. The van der Waals surface area contributed by atoms with Gasteiger partial charge in [-0.15, -0.1) is 0 Å². The van der Waals surface area contributed by atoms with Gasteiger partial charge in [-0.05, 0) is 37.5 Å². The number of nitrogens with one attached hydrogen (secondary N) is 1. The van der Waals surface area contributed by atoms with E-state index in [4.69, 9.17) is 9.84 Å². The number of carboxylic acids is 1. The number of ether oxygens (including phenoxy) is 1. The van der Waals surface area contributed by atoms with E-state index in [1.54, 1.807) is 6.07 Å². The third-order valence-corrected chi connectivity index (χ3v) is 3.36. The zero-order valence-corrected chi connectivity index (χ0v) is 11.8. The van der Waals surface area contributed by atoms with Crippen molar-refractivity contribution in [3.05, 3.63) is 35.7 Å². The Hall–Kier alpha value is -2.21. The number of hydrogen-bond donors (Lipinski definition) is 2. The van der Waals surface area contributed by atoms with Gasteiger partial charge in [0.2, 0.25) is 0 Å². The molecule has 1 aliphatic heterocycles. The molecule has 0 saturated carbocycles. The van der Waals surface area contributed by atoms with Gasteiger partial charge in [0.25, 0.3) is 5.91 Å². The molecule has 1 saturated heterocycles. The van der Waals surface area contributed by atoms with Crippen LogP contribution < -0.4 is 5.32 Å². The molecule has 1 unspecified atom stereocenters. The van der Waals surface area contributed by atoms with Gasteiger partial charge >= 0.3 is 5.97 Å². The first-order valence-corrected chi connectivity index (χ1v) is 6.77. The maximum absolute atomic E-state index is 12.1. The lowest BCUT2D eigenvalue weighted by Gasteiger charge is -2.23. The van der Waals surface area contributed by atoms with Crippen LogP contribution in [0.1, 0.15) is 35.7 Å². The number of amides is 1. The Balaban J connectivity index is 1.99. The van der Waals surface area contributed by atoms with E-state index in [-0.39, 0.29) is 11.5 Å². The topological polar surface area (TPSA) is 88.5 Å². The van der Waals surface area contributed by atoms with E-state index in [9.17, 15) is 9.59 Å². The number of aromatic nitrogens is 1. The summed E-state index contributed by atoms with van der Waals surface area (Å²) in [5.41, 5.74) is 0.654. The van der Waals surface area contributed by atoms with Gasteiger partial charge in [-0.1, -0.05) is 0 Å². The van der Waals surface area contributed by atoms with Crippen molar-refractivity contribution in [2.24, 2.45) is 0 Å². The Bertz CT molecular complexity index is 563. The monoisotopic (exact) mass is 290 g/mol. The Morgan fingerprint density at radius 1 is 1.52 bits per heavy atom. The minimum atomic E-state index is -1.05. The van der Waals surface area contributed by atoms with Crippen molar-refractivity contribution < 1.29 is 19.4 Å². The summed E-state index contributed by atoms with van der Waals surface area (Å²) in [5, 5.41) is 11.4. The predicted molar refractivity (Wildman–Crippen MR) is 76.8 cm³/mol. The number of carbonyl (C=O) groups is 2. The second-order valence-corrected chi connectivity index (χ2v) is 5.26. The molecular formula is C15H18N2O4. The van der Waals surface area contributed by atoms with Crippen LogP contribution in [0.2, 0.25) is 0 Å². The predicted octanol–water partition coefficient (Wildman–Crippen LogP) is 1.48. The van der Waals surface area contributed by atoms with Crippen LogP contribution in [0.25, 0.3) is 6.08 Å². The normalized spacial score (nSPS) is 21.6. The first-order valence-electron chi connectivity index (χ1n) is 6.77. The zero-order valence-electron chi connectivity index (χ0n) is 11.8. The fraction of sp³-hybridized carbons (Fsp3) is 0.400. The number of aliphatic carboxylic acids is 1. The Kier molecular flexibility index (Phi) is 4.70. The molecule has 1 aliphatic rings. The van der Waals surface area contributed by atoms with Crippen LogP contribution in [0.3, 0.4) is 0 Å². The molecule has 1 fully saturated rings. The van der Waals surface area contributed by atoms with E-state index < -0.39 is 5.97 Å². The van der Waals surface area contributed by atoms with Crippen LogP contribution in [0, 0.1) is 0 Å². The summed E-state index contributed by atoms with van der Waals surface area (Å²) in [5.74, 6) is -1.29. The molecule has 0 spiro atoms. The van der Waals surface area contributed by atoms with E-state index in [1.165, 1.54) is 18.5 Å². The SMILES string of the molecule is CC1(CNC(=O)c2cncc(/C=C/C(=O)O)c2)CCCO1. The van der Waals surface area contributed by atoms with Crippen molar-refractivity contribution in [2.45, 2.75) is 25.4 Å². The highest BCUT2D eigenvalue weighted by molar-refractivity contribution is 5.94. The molecule has 21 heavy (non-hydrogen) atoms. The van der Waals surface area contributed by atoms with Crippen molar-refractivity contribution >= 4 is 18.0 Å². The number of nitrogens with zero attached hydrogens (tertiary/aromatic N) is 1. The fourth-order valence-electron chi connectivity index (χ4n) is 2.19. The van der Waals surface area contributed by atoms with E-state index in [0.717, 1.165) is 25.5 Å². The van der Waals surface area contributed by atoms with Gasteiger partial charge in [0, 0.05) is 31.6 Å². The molecule has 2 rings (SSSR count). The average molecular weight is 290 g/mol. The minimum absolute atomic E-state index is 0.246. The number of hydrogen-bond acceptors (Lipinski definition) is 4. The summed E-state index contributed by atoms with van der Waals surface area (Å²) >= 11 is 0. The number of rotatable bonds is 5. The molecule has 2 N–H and O–H groups in total. The average Bonchev–Trinajstić information content (AvgIpc) is 2.90. The van der Waals surface area contributed by atoms with Crippen LogP contribution in [-0.4, -0.2) is 40.7 Å². The molecular weight excluding hydrogens is 272 g/mol. The van der Waals surface area contributed by atoms with Gasteiger partial charge in [0.05, 0.1) is 11.2 Å². The Morgan fingerprint density at radius 3 is 3.00 bits per heavy atom. The Labute approximate surface area is 122 Å². The van der Waals surface area contributed by atoms with Gasteiger partial charge in [0.15, 0.2) is 0 Å². The molecule has 6 nitrogen and oxygen atoms in total. The van der Waals surface area contributed by atoms with Crippen LogP contribution in [-0.2, 0) is 9.53 Å². The molecule has 1 atom stereocenters. The lowest BCUT2D eigenvalue weighted by molar-refractivity contribution is -0.131. The Morgan fingerprint density at radius 2 is 2.33 bits per heavy atom. The highest BCUT2D eigenvalue weighted by Gasteiger charge is 2.30. The minimum Gasteiger partial charge on any atom is -0.478 e. The van der Waals surface area contributed by atoms with E-state index in [2.05, 4.69) is 10.3 Å². The van der Waals surface area contributed by atoms with Gasteiger partial charge in [-0.3, -0.25) is 9.78 Å². The molecule has 2 heterocycles. The molecule has 6 heteroatoms. The maximum Gasteiger partial charge on any atom is 0.328 e. The van der Waals surface area contributed by atoms with Crippen molar-refractivity contribution in [3.8, 4) is 0 Å². The summed E-state index contributed by atoms with van der Waals surface area (Å²) in [4.78, 5) is 26.5. The first-order chi connectivity index (χ1) is 9.98. The third kappa shape index (κ3) is 4.39. The molecule has 0 aromatic carbocycles. The second-order valence-electron chi connectivity index (χ2n) is 5.26. The van der Waals surface area contributed by atoms with Crippen LogP contribution in [0.15, 0.2) is 24.5 Å². The number of pyridine rings is 1. The van der Waals surface area contributed by atoms with Gasteiger partial charge in [0.1, 0.15) is 0 Å². The summed E-state index contributed by atoms with van der Waals surface area (Å²) in [6.07, 6.45) is 7.28. The van der Waals surface area contributed by atoms with E-state index >= 15 is 0 Å². The maximum atomic E-state index is 12.1. The zero-order chi connectivity index (χ0) is 15.3. The molecule has 112 valence electrons. The molecule has 0 bridgehead atoms. The summed E-state index contributed by atoms with van der Waals surface area (Å²) in [6, 6.07) is 1.60. The summed E-state index contributed by atoms with van der Waals surface area (Å²) in [7, 11) is 0. The lowest BCUT2D eigenvalue weighted by Crippen LogP contribution is -2.40. The van der Waals surface area contributed by atoms with Crippen molar-refractivity contribution in [2.75, 3.05) is 13.2 Å². The lowest BCUT2D eigenvalue weighted by atomic mass is 10.0. The van der Waals surface area contributed by atoms with E-state index in [1.807, 2.05) is 6.92 Å². The molecule has 0 radical (unpaired) electrons. The highest BCUT2D eigenvalue weighted by atomic mass is 16.5. The third-order valence-electron chi connectivity index (χ3n) is 3.36. The van der Waals surface area contributed by atoms with Crippen LogP contribution in [0.5, 0.6) is 0 Å². The van der Waals surface area contributed by atoms with Crippen LogP contribution >= 0.6 is 0 Å². The smallest absolute Gasteiger partial charge is 0.328 e. The van der Waals surface area contributed by atoms with E-state index in [0.29, 0.717) is 17.7 Å². The van der Waals surface area contributed by atoms with Gasteiger partial charge in [-0.2, -0.15) is 0 Å². The molecule has 1 aromatic heterocycles. The molecule has 1 aromatic rings. The van der Waals surface area contributed by atoms with Crippen molar-refractivity contribution in [3.63, 3.8) is 0 Å². The van der Waals surface area contributed by atoms with Crippen molar-refractivity contribution in [1.29, 1.82) is 0 Å². The van der Waals surface area contributed by atoms with Gasteiger partial charge in [-0.25, -0.2) is 4.79 Å². The quantitative estimate of drug-likeness (QED) is 0.802. The molecule has 0 aliphatic carbocycles. The molecule has 1 amide bonds. The number of carbonyl (C=O) groups excluding carboxylic acids is 1. The van der Waals surface area contributed by atoms with Gasteiger partial charge < -0.3 is 15.2 Å². The fourth-order valence-corrected chi connectivity index (χ4v) is 2.19.